The van der Waals surface area contributed by atoms with Crippen LogP contribution in [0.4, 0.5) is 0 Å². The molecule has 5 N–H and O–H groups in total. The molecule has 100 valence electrons. The second-order valence-corrected chi connectivity index (χ2v) is 4.26. The molecule has 0 spiro atoms. The highest BCUT2D eigenvalue weighted by Gasteiger charge is 2.21. The number of aliphatic hydroxyl groups excluding tert-OH is 2. The molecule has 0 bridgehead atoms. The molecule has 2 rings (SSSR count). The third-order valence-corrected chi connectivity index (χ3v) is 2.80. The number of hydrogen-bond donors (Lipinski definition) is 5. The fourth-order valence-corrected chi connectivity index (χ4v) is 1.82. The van der Waals surface area contributed by atoms with Crippen LogP contribution in [0.15, 0.2) is 42.5 Å². The van der Waals surface area contributed by atoms with Crippen LogP contribution in [-0.4, -0.2) is 25.5 Å². The van der Waals surface area contributed by atoms with E-state index in [1.54, 1.807) is 0 Å². The Balaban J connectivity index is 2.27. The van der Waals surface area contributed by atoms with Crippen LogP contribution in [0.2, 0.25) is 0 Å². The Kier molecular flexibility index (Phi) is 3.59. The Morgan fingerprint density at radius 3 is 1.58 bits per heavy atom. The van der Waals surface area contributed by atoms with Gasteiger partial charge in [0, 0.05) is 6.07 Å². The minimum Gasteiger partial charge on any atom is -0.508 e. The second-order valence-electron chi connectivity index (χ2n) is 4.26. The number of hydrogen-bond acceptors (Lipinski definition) is 5. The van der Waals surface area contributed by atoms with Gasteiger partial charge in [0.25, 0.3) is 0 Å². The van der Waals surface area contributed by atoms with Gasteiger partial charge in [-0.15, -0.1) is 0 Å². The molecular weight excluding hydrogens is 248 g/mol. The molecule has 0 aromatic heterocycles. The van der Waals surface area contributed by atoms with Gasteiger partial charge in [-0.1, -0.05) is 12.1 Å². The zero-order valence-electron chi connectivity index (χ0n) is 9.93. The lowest BCUT2D eigenvalue weighted by Gasteiger charge is -2.19. The molecule has 0 amide bonds. The van der Waals surface area contributed by atoms with Crippen LogP contribution in [-0.2, 0) is 0 Å². The number of aliphatic hydroxyl groups is 2. The van der Waals surface area contributed by atoms with Crippen LogP contribution >= 0.6 is 0 Å². The fraction of sp³-hybridized carbons (Fsp3) is 0.143. The first-order valence-electron chi connectivity index (χ1n) is 5.65. The van der Waals surface area contributed by atoms with Gasteiger partial charge in [0.1, 0.15) is 29.5 Å². The van der Waals surface area contributed by atoms with Gasteiger partial charge in [0.05, 0.1) is 0 Å². The Bertz CT molecular complexity index is 544. The van der Waals surface area contributed by atoms with Crippen molar-refractivity contribution in [2.24, 2.45) is 0 Å². The molecule has 2 aromatic carbocycles. The van der Waals surface area contributed by atoms with Gasteiger partial charge >= 0.3 is 0 Å². The molecule has 0 heterocycles. The quantitative estimate of drug-likeness (QED) is 0.578. The first kappa shape index (κ1) is 13.2. The second kappa shape index (κ2) is 5.17. The fourth-order valence-electron chi connectivity index (χ4n) is 1.82. The van der Waals surface area contributed by atoms with Crippen molar-refractivity contribution in [3.63, 3.8) is 0 Å². The summed E-state index contributed by atoms with van der Waals surface area (Å²) >= 11 is 0. The lowest BCUT2D eigenvalue weighted by atomic mass is 9.98. The van der Waals surface area contributed by atoms with Crippen molar-refractivity contribution < 1.29 is 25.5 Å². The summed E-state index contributed by atoms with van der Waals surface area (Å²) in [6, 6.07) is 9.39. The highest BCUT2D eigenvalue weighted by atomic mass is 16.3. The van der Waals surface area contributed by atoms with E-state index in [9.17, 15) is 20.4 Å². The van der Waals surface area contributed by atoms with Gasteiger partial charge in [0.15, 0.2) is 0 Å². The summed E-state index contributed by atoms with van der Waals surface area (Å²) in [5.41, 5.74) is 0.603. The normalized spacial score (nSPS) is 14.0. The first-order chi connectivity index (χ1) is 8.97. The summed E-state index contributed by atoms with van der Waals surface area (Å²) in [5.74, 6) is -0.348. The molecule has 2 aromatic rings. The molecule has 0 saturated heterocycles. The van der Waals surface area contributed by atoms with E-state index in [-0.39, 0.29) is 22.8 Å². The van der Waals surface area contributed by atoms with Crippen molar-refractivity contribution in [2.45, 2.75) is 12.2 Å². The monoisotopic (exact) mass is 262 g/mol. The van der Waals surface area contributed by atoms with Gasteiger partial charge in [-0.05, 0) is 35.4 Å². The highest BCUT2D eigenvalue weighted by molar-refractivity contribution is 5.39. The molecule has 0 aliphatic rings. The summed E-state index contributed by atoms with van der Waals surface area (Å²) in [5, 5.41) is 47.9. The van der Waals surface area contributed by atoms with Crippen LogP contribution in [0.25, 0.3) is 0 Å². The lowest BCUT2D eigenvalue weighted by Crippen LogP contribution is -2.10. The van der Waals surface area contributed by atoms with Crippen molar-refractivity contribution in [3.05, 3.63) is 53.6 Å². The molecule has 2 atom stereocenters. The molecule has 19 heavy (non-hydrogen) atoms. The van der Waals surface area contributed by atoms with E-state index in [1.165, 1.54) is 36.4 Å². The molecule has 0 aliphatic heterocycles. The van der Waals surface area contributed by atoms with Crippen molar-refractivity contribution >= 4 is 0 Å². The maximum atomic E-state index is 10.0. The number of phenolic OH excluding ortho intramolecular Hbond substituents is 3. The number of benzene rings is 2. The third kappa shape index (κ3) is 2.96. The van der Waals surface area contributed by atoms with Crippen molar-refractivity contribution in [2.75, 3.05) is 0 Å². The van der Waals surface area contributed by atoms with E-state index < -0.39 is 12.2 Å². The standard InChI is InChI=1S/C14H14O5/c15-10-3-1-8(2-4-10)13(18)14(19)9-5-11(16)7-12(17)6-9/h1-7,13-19H/t13-,14-/m0/s1. The summed E-state index contributed by atoms with van der Waals surface area (Å²) in [6.07, 6.45) is -2.54. The van der Waals surface area contributed by atoms with Gasteiger partial charge in [0.2, 0.25) is 0 Å². The van der Waals surface area contributed by atoms with Gasteiger partial charge < -0.3 is 25.5 Å². The average molecular weight is 262 g/mol. The predicted octanol–water partition coefficient (Wildman–Crippen LogP) is 1.57. The Hall–Kier alpha value is -2.24. The minimum absolute atomic E-state index is 0.0560. The van der Waals surface area contributed by atoms with Crippen molar-refractivity contribution in [1.82, 2.24) is 0 Å². The Morgan fingerprint density at radius 1 is 0.579 bits per heavy atom. The Labute approximate surface area is 109 Å². The summed E-state index contributed by atoms with van der Waals surface area (Å²) in [7, 11) is 0. The van der Waals surface area contributed by atoms with E-state index in [0.717, 1.165) is 6.07 Å². The average Bonchev–Trinajstić information content (AvgIpc) is 2.37. The summed E-state index contributed by atoms with van der Waals surface area (Å²) in [6.45, 7) is 0. The van der Waals surface area contributed by atoms with Crippen LogP contribution in [0, 0.1) is 0 Å². The summed E-state index contributed by atoms with van der Waals surface area (Å²) < 4.78 is 0. The number of rotatable bonds is 3. The van der Waals surface area contributed by atoms with Crippen LogP contribution in [0.5, 0.6) is 17.2 Å². The van der Waals surface area contributed by atoms with Crippen molar-refractivity contribution in [1.29, 1.82) is 0 Å². The number of phenols is 3. The van der Waals surface area contributed by atoms with Crippen molar-refractivity contribution in [3.8, 4) is 17.2 Å². The topological polar surface area (TPSA) is 101 Å². The molecule has 5 heteroatoms. The van der Waals surface area contributed by atoms with E-state index in [1.807, 2.05) is 0 Å². The highest BCUT2D eigenvalue weighted by Crippen LogP contribution is 2.33. The van der Waals surface area contributed by atoms with Crippen LogP contribution in [0.1, 0.15) is 23.3 Å². The van der Waals surface area contributed by atoms with E-state index in [0.29, 0.717) is 5.56 Å². The largest absolute Gasteiger partial charge is 0.508 e. The maximum Gasteiger partial charge on any atom is 0.119 e. The molecule has 0 fully saturated rings. The maximum absolute atomic E-state index is 10.0. The third-order valence-electron chi connectivity index (χ3n) is 2.80. The lowest BCUT2D eigenvalue weighted by molar-refractivity contribution is 0.0170. The molecule has 0 aliphatic carbocycles. The molecule has 0 unspecified atom stereocenters. The molecular formula is C14H14O5. The van der Waals surface area contributed by atoms with Crippen LogP contribution < -0.4 is 0 Å². The van der Waals surface area contributed by atoms with E-state index in [4.69, 9.17) is 5.11 Å². The minimum atomic E-state index is -1.30. The van der Waals surface area contributed by atoms with E-state index >= 15 is 0 Å². The SMILES string of the molecule is Oc1ccc([C@H](O)[C@@H](O)c2cc(O)cc(O)c2)cc1. The van der Waals surface area contributed by atoms with E-state index in [2.05, 4.69) is 0 Å². The first-order valence-corrected chi connectivity index (χ1v) is 5.65. The molecule has 0 saturated carbocycles. The zero-order valence-corrected chi connectivity index (χ0v) is 9.93. The number of aromatic hydroxyl groups is 3. The van der Waals surface area contributed by atoms with Crippen LogP contribution in [0.3, 0.4) is 0 Å². The van der Waals surface area contributed by atoms with Gasteiger partial charge in [-0.2, -0.15) is 0 Å². The smallest absolute Gasteiger partial charge is 0.119 e. The molecule has 0 radical (unpaired) electrons. The van der Waals surface area contributed by atoms with Gasteiger partial charge in [-0.3, -0.25) is 0 Å². The van der Waals surface area contributed by atoms with Gasteiger partial charge in [-0.25, -0.2) is 0 Å². The zero-order chi connectivity index (χ0) is 14.0. The molecule has 5 nitrogen and oxygen atoms in total. The summed E-state index contributed by atoms with van der Waals surface area (Å²) in [4.78, 5) is 0. The predicted molar refractivity (Wildman–Crippen MR) is 67.8 cm³/mol. The Morgan fingerprint density at radius 2 is 1.05 bits per heavy atom.